The molecule has 1 aliphatic carbocycles. The average molecular weight is 301 g/mol. The van der Waals surface area contributed by atoms with E-state index in [1.54, 1.807) is 0 Å². The molecule has 0 bridgehead atoms. The van der Waals surface area contributed by atoms with Crippen molar-refractivity contribution in [2.45, 2.75) is 51.5 Å². The maximum absolute atomic E-state index is 11.9. The fraction of sp³-hybridized carbons (Fsp3) is 0.714. The number of halogens is 1. The van der Waals surface area contributed by atoms with Crippen LogP contribution in [0.3, 0.4) is 0 Å². The number of aryl methyl sites for hydroxylation is 1. The van der Waals surface area contributed by atoms with E-state index in [4.69, 9.17) is 21.2 Å². The molecule has 2 N–H and O–H groups in total. The van der Waals surface area contributed by atoms with Gasteiger partial charge in [-0.1, -0.05) is 5.16 Å². The standard InChI is InChI=1S/C14H21ClN2O3/c1-9-12(14(15)20-17-9)6-7-13(19)16-11-4-2-10(8-18)3-5-11/h10-11,18H,2-8H2,1H3,(H,16,19). The van der Waals surface area contributed by atoms with Crippen LogP contribution in [0.25, 0.3) is 0 Å². The van der Waals surface area contributed by atoms with E-state index >= 15 is 0 Å². The highest BCUT2D eigenvalue weighted by Crippen LogP contribution is 2.24. The monoisotopic (exact) mass is 300 g/mol. The molecule has 20 heavy (non-hydrogen) atoms. The van der Waals surface area contributed by atoms with Crippen molar-refractivity contribution >= 4 is 17.5 Å². The fourth-order valence-electron chi connectivity index (χ4n) is 2.67. The molecule has 1 aromatic heterocycles. The summed E-state index contributed by atoms with van der Waals surface area (Å²) in [6.45, 7) is 2.07. The number of nitrogens with zero attached hydrogens (tertiary/aromatic N) is 1. The molecule has 1 aliphatic rings. The Labute approximate surface area is 123 Å². The zero-order valence-corrected chi connectivity index (χ0v) is 12.4. The van der Waals surface area contributed by atoms with Gasteiger partial charge in [0.15, 0.2) is 0 Å². The number of nitrogens with one attached hydrogen (secondary N) is 1. The minimum Gasteiger partial charge on any atom is -0.396 e. The lowest BCUT2D eigenvalue weighted by molar-refractivity contribution is -0.122. The Morgan fingerprint density at radius 2 is 2.15 bits per heavy atom. The van der Waals surface area contributed by atoms with Gasteiger partial charge < -0.3 is 14.9 Å². The predicted octanol–water partition coefficient (Wildman–Crippen LogP) is 2.24. The number of carbonyl (C=O) groups is 1. The molecule has 6 heteroatoms. The largest absolute Gasteiger partial charge is 0.396 e. The van der Waals surface area contributed by atoms with E-state index in [9.17, 15) is 4.79 Å². The van der Waals surface area contributed by atoms with Crippen molar-refractivity contribution in [3.05, 3.63) is 16.5 Å². The average Bonchev–Trinajstić information content (AvgIpc) is 2.77. The number of aliphatic hydroxyl groups is 1. The van der Waals surface area contributed by atoms with Crippen LogP contribution in [0, 0.1) is 12.8 Å². The number of aliphatic hydroxyl groups excluding tert-OH is 1. The van der Waals surface area contributed by atoms with E-state index in [2.05, 4.69) is 10.5 Å². The van der Waals surface area contributed by atoms with Gasteiger partial charge >= 0.3 is 0 Å². The normalized spacial score (nSPS) is 22.8. The molecule has 0 aromatic carbocycles. The molecule has 112 valence electrons. The minimum absolute atomic E-state index is 0.0362. The van der Waals surface area contributed by atoms with Gasteiger partial charge in [0.05, 0.1) is 5.69 Å². The number of aromatic nitrogens is 1. The summed E-state index contributed by atoms with van der Waals surface area (Å²) in [6.07, 6.45) is 4.80. The lowest BCUT2D eigenvalue weighted by Gasteiger charge is -2.27. The number of amides is 1. The van der Waals surface area contributed by atoms with Gasteiger partial charge in [-0.2, -0.15) is 0 Å². The number of carbonyl (C=O) groups excluding carboxylic acids is 1. The quantitative estimate of drug-likeness (QED) is 0.874. The first kappa shape index (κ1) is 15.3. The molecule has 0 spiro atoms. The van der Waals surface area contributed by atoms with Crippen LogP contribution in [0.15, 0.2) is 4.52 Å². The van der Waals surface area contributed by atoms with Crippen LogP contribution in [-0.4, -0.2) is 28.8 Å². The first-order chi connectivity index (χ1) is 9.60. The molecule has 1 aromatic rings. The third-order valence-electron chi connectivity index (χ3n) is 4.01. The molecule has 0 saturated heterocycles. The van der Waals surface area contributed by atoms with Gasteiger partial charge in [-0.3, -0.25) is 4.79 Å². The SMILES string of the molecule is Cc1noc(Cl)c1CCC(=O)NC1CCC(CO)CC1. The Kier molecular flexibility index (Phi) is 5.43. The maximum Gasteiger partial charge on any atom is 0.229 e. The fourth-order valence-corrected chi connectivity index (χ4v) is 2.93. The molecule has 2 rings (SSSR count). The summed E-state index contributed by atoms with van der Waals surface area (Å²) in [6, 6.07) is 0.240. The predicted molar refractivity (Wildman–Crippen MR) is 75.5 cm³/mol. The van der Waals surface area contributed by atoms with Gasteiger partial charge in [0, 0.05) is 24.6 Å². The Morgan fingerprint density at radius 3 is 2.70 bits per heavy atom. The second-order valence-electron chi connectivity index (χ2n) is 5.49. The summed E-state index contributed by atoms with van der Waals surface area (Å²) < 4.78 is 4.86. The van der Waals surface area contributed by atoms with Crippen molar-refractivity contribution in [1.82, 2.24) is 10.5 Å². The molecule has 0 radical (unpaired) electrons. The minimum atomic E-state index is 0.0362. The zero-order chi connectivity index (χ0) is 14.5. The van der Waals surface area contributed by atoms with E-state index in [-0.39, 0.29) is 23.8 Å². The molecular formula is C14H21ClN2O3. The van der Waals surface area contributed by atoms with Crippen LogP contribution in [-0.2, 0) is 11.2 Å². The van der Waals surface area contributed by atoms with Crippen LogP contribution in [0.1, 0.15) is 43.4 Å². The summed E-state index contributed by atoms with van der Waals surface area (Å²) >= 11 is 5.87. The first-order valence-electron chi connectivity index (χ1n) is 7.11. The van der Waals surface area contributed by atoms with Crippen LogP contribution >= 0.6 is 11.6 Å². The Balaban J connectivity index is 1.73. The summed E-state index contributed by atoms with van der Waals surface area (Å²) in [7, 11) is 0. The van der Waals surface area contributed by atoms with E-state index in [0.29, 0.717) is 18.8 Å². The molecule has 0 atom stereocenters. The van der Waals surface area contributed by atoms with Crippen molar-refractivity contribution < 1.29 is 14.4 Å². The molecule has 0 unspecified atom stereocenters. The van der Waals surface area contributed by atoms with E-state index in [1.165, 1.54) is 0 Å². The van der Waals surface area contributed by atoms with Crippen molar-refractivity contribution in [2.24, 2.45) is 5.92 Å². The highest BCUT2D eigenvalue weighted by Gasteiger charge is 2.22. The van der Waals surface area contributed by atoms with Crippen molar-refractivity contribution in [3.8, 4) is 0 Å². The third-order valence-corrected chi connectivity index (χ3v) is 4.31. The van der Waals surface area contributed by atoms with E-state index in [0.717, 1.165) is 36.9 Å². The van der Waals surface area contributed by atoms with Crippen molar-refractivity contribution in [1.29, 1.82) is 0 Å². The van der Waals surface area contributed by atoms with Gasteiger partial charge in [-0.05, 0) is 56.5 Å². The molecule has 5 nitrogen and oxygen atoms in total. The summed E-state index contributed by atoms with van der Waals surface area (Å²) in [5, 5.41) is 16.2. The number of hydrogen-bond donors (Lipinski definition) is 2. The second-order valence-corrected chi connectivity index (χ2v) is 5.83. The van der Waals surface area contributed by atoms with Crippen LogP contribution in [0.5, 0.6) is 0 Å². The molecular weight excluding hydrogens is 280 g/mol. The summed E-state index contributed by atoms with van der Waals surface area (Å²) in [4.78, 5) is 11.9. The van der Waals surface area contributed by atoms with Gasteiger partial charge in [0.2, 0.25) is 11.1 Å². The summed E-state index contributed by atoms with van der Waals surface area (Å²) in [5.74, 6) is 0.440. The van der Waals surface area contributed by atoms with Crippen molar-refractivity contribution in [3.63, 3.8) is 0 Å². The lowest BCUT2D eigenvalue weighted by atomic mass is 9.86. The molecule has 1 heterocycles. The highest BCUT2D eigenvalue weighted by molar-refractivity contribution is 6.29. The van der Waals surface area contributed by atoms with Crippen LogP contribution in [0.2, 0.25) is 5.22 Å². The first-order valence-corrected chi connectivity index (χ1v) is 7.48. The second kappa shape index (κ2) is 7.09. The molecule has 0 aliphatic heterocycles. The maximum atomic E-state index is 11.9. The Morgan fingerprint density at radius 1 is 1.45 bits per heavy atom. The topological polar surface area (TPSA) is 75.4 Å². The zero-order valence-electron chi connectivity index (χ0n) is 11.7. The Bertz CT molecular complexity index is 434. The lowest BCUT2D eigenvalue weighted by Crippen LogP contribution is -2.38. The van der Waals surface area contributed by atoms with E-state index in [1.807, 2.05) is 6.92 Å². The van der Waals surface area contributed by atoms with Crippen molar-refractivity contribution in [2.75, 3.05) is 6.61 Å². The number of rotatable bonds is 5. The Hall–Kier alpha value is -1.07. The molecule has 1 saturated carbocycles. The smallest absolute Gasteiger partial charge is 0.229 e. The van der Waals surface area contributed by atoms with Crippen LogP contribution < -0.4 is 5.32 Å². The van der Waals surface area contributed by atoms with Gasteiger partial charge in [-0.15, -0.1) is 0 Å². The van der Waals surface area contributed by atoms with Gasteiger partial charge in [-0.25, -0.2) is 0 Å². The van der Waals surface area contributed by atoms with Crippen LogP contribution in [0.4, 0.5) is 0 Å². The number of hydrogen-bond acceptors (Lipinski definition) is 4. The van der Waals surface area contributed by atoms with Gasteiger partial charge in [0.25, 0.3) is 0 Å². The molecule has 1 fully saturated rings. The van der Waals surface area contributed by atoms with E-state index < -0.39 is 0 Å². The molecule has 1 amide bonds. The van der Waals surface area contributed by atoms with Gasteiger partial charge in [0.1, 0.15) is 0 Å². The summed E-state index contributed by atoms with van der Waals surface area (Å²) in [5.41, 5.74) is 1.55. The highest BCUT2D eigenvalue weighted by atomic mass is 35.5. The third kappa shape index (κ3) is 3.96.